The van der Waals surface area contributed by atoms with Gasteiger partial charge in [0.15, 0.2) is 0 Å². The summed E-state index contributed by atoms with van der Waals surface area (Å²) >= 11 is 3.50. The summed E-state index contributed by atoms with van der Waals surface area (Å²) in [5, 5.41) is 6.36. The van der Waals surface area contributed by atoms with Crippen LogP contribution in [0, 0.1) is 5.92 Å². The number of amides is 1. The third-order valence-corrected chi connectivity index (χ3v) is 4.66. The minimum absolute atomic E-state index is 0.0870. The maximum absolute atomic E-state index is 12.1. The molecule has 0 atom stereocenters. The molecule has 0 unspecified atom stereocenters. The van der Waals surface area contributed by atoms with Gasteiger partial charge >= 0.3 is 0 Å². The maximum Gasteiger partial charge on any atom is 0.224 e. The van der Waals surface area contributed by atoms with Crippen LogP contribution in [0.5, 0.6) is 0 Å². The summed E-state index contributed by atoms with van der Waals surface area (Å²) in [4.78, 5) is 12.1. The van der Waals surface area contributed by atoms with E-state index in [1.165, 1.54) is 12.8 Å². The number of methoxy groups -OCH3 is 1. The quantitative estimate of drug-likeness (QED) is 0.823. The van der Waals surface area contributed by atoms with Crippen LogP contribution in [0.4, 0.5) is 5.69 Å². The molecule has 21 heavy (non-hydrogen) atoms. The number of carbonyl (C=O) groups is 1. The average molecular weight is 355 g/mol. The third kappa shape index (κ3) is 5.09. The first-order valence-electron chi connectivity index (χ1n) is 7.47. The van der Waals surface area contributed by atoms with Crippen LogP contribution in [-0.4, -0.2) is 26.1 Å². The van der Waals surface area contributed by atoms with Crippen LogP contribution in [0.3, 0.4) is 0 Å². The molecule has 1 saturated heterocycles. The summed E-state index contributed by atoms with van der Waals surface area (Å²) in [6.07, 6.45) is 3.92. The predicted octanol–water partition coefficient (Wildman–Crippen LogP) is 3.31. The van der Waals surface area contributed by atoms with Crippen molar-refractivity contribution in [1.82, 2.24) is 5.32 Å². The van der Waals surface area contributed by atoms with E-state index in [0.29, 0.717) is 18.9 Å². The Kier molecular flexibility index (Phi) is 6.67. The van der Waals surface area contributed by atoms with Crippen molar-refractivity contribution in [2.45, 2.75) is 32.3 Å². The Balaban J connectivity index is 1.88. The summed E-state index contributed by atoms with van der Waals surface area (Å²) in [5.74, 6) is 0.766. The number of hydrogen-bond donors (Lipinski definition) is 2. The average Bonchev–Trinajstić information content (AvgIpc) is 2.50. The molecule has 1 heterocycles. The molecule has 1 fully saturated rings. The first-order chi connectivity index (χ1) is 10.2. The molecule has 0 aromatic heterocycles. The molecule has 0 spiro atoms. The predicted molar refractivity (Wildman–Crippen MR) is 88.3 cm³/mol. The van der Waals surface area contributed by atoms with Gasteiger partial charge in [0.2, 0.25) is 5.91 Å². The van der Waals surface area contributed by atoms with E-state index in [2.05, 4.69) is 26.6 Å². The summed E-state index contributed by atoms with van der Waals surface area (Å²) in [6, 6.07) is 5.80. The highest BCUT2D eigenvalue weighted by Crippen LogP contribution is 2.26. The first-order valence-corrected chi connectivity index (χ1v) is 8.27. The highest BCUT2D eigenvalue weighted by Gasteiger charge is 2.15. The monoisotopic (exact) mass is 354 g/mol. The largest absolute Gasteiger partial charge is 0.380 e. The number of hydrogen-bond acceptors (Lipinski definition) is 3. The number of ether oxygens (including phenoxy) is 1. The van der Waals surface area contributed by atoms with E-state index in [9.17, 15) is 4.79 Å². The second-order valence-corrected chi connectivity index (χ2v) is 6.33. The molecule has 2 N–H and O–H groups in total. The number of carbonyl (C=O) groups excluding carboxylic acids is 1. The summed E-state index contributed by atoms with van der Waals surface area (Å²) < 4.78 is 6.16. The standard InChI is InChI=1S/C16H23BrN2O2/c1-21-11-13-14(17)3-2-4-15(13)19-16(20)6-5-12-7-9-18-10-8-12/h2-4,12,18H,5-11H2,1H3,(H,19,20). The van der Waals surface area contributed by atoms with Gasteiger partial charge in [-0.1, -0.05) is 22.0 Å². The van der Waals surface area contributed by atoms with Gasteiger partial charge in [0.25, 0.3) is 0 Å². The lowest BCUT2D eigenvalue weighted by Gasteiger charge is -2.22. The van der Waals surface area contributed by atoms with E-state index < -0.39 is 0 Å². The fraction of sp³-hybridized carbons (Fsp3) is 0.562. The smallest absolute Gasteiger partial charge is 0.224 e. The Labute approximate surface area is 134 Å². The number of anilines is 1. The lowest BCUT2D eigenvalue weighted by Crippen LogP contribution is -2.28. The summed E-state index contributed by atoms with van der Waals surface area (Å²) in [6.45, 7) is 2.64. The molecule has 0 radical (unpaired) electrons. The first kappa shape index (κ1) is 16.5. The van der Waals surface area contributed by atoms with Gasteiger partial charge in [-0.3, -0.25) is 4.79 Å². The number of piperidine rings is 1. The van der Waals surface area contributed by atoms with E-state index >= 15 is 0 Å². The van der Waals surface area contributed by atoms with Crippen LogP contribution in [0.1, 0.15) is 31.2 Å². The Morgan fingerprint density at radius 3 is 2.90 bits per heavy atom. The molecule has 2 rings (SSSR count). The summed E-state index contributed by atoms with van der Waals surface area (Å²) in [7, 11) is 1.65. The van der Waals surface area contributed by atoms with Gasteiger partial charge in [-0.15, -0.1) is 0 Å². The molecule has 1 aromatic carbocycles. The second kappa shape index (κ2) is 8.51. The molecule has 1 aromatic rings. The Morgan fingerprint density at radius 2 is 2.19 bits per heavy atom. The van der Waals surface area contributed by atoms with Crippen LogP contribution in [-0.2, 0) is 16.1 Å². The molecule has 0 bridgehead atoms. The van der Waals surface area contributed by atoms with Crippen LogP contribution in [0.25, 0.3) is 0 Å². The Hall–Kier alpha value is -0.910. The minimum atomic E-state index is 0.0870. The van der Waals surface area contributed by atoms with Crippen molar-refractivity contribution in [2.24, 2.45) is 5.92 Å². The Morgan fingerprint density at radius 1 is 1.43 bits per heavy atom. The van der Waals surface area contributed by atoms with Crippen molar-refractivity contribution in [3.05, 3.63) is 28.2 Å². The van der Waals surface area contributed by atoms with Crippen molar-refractivity contribution in [3.8, 4) is 0 Å². The van der Waals surface area contributed by atoms with Crippen LogP contribution in [0.15, 0.2) is 22.7 Å². The number of halogens is 1. The normalized spacial score (nSPS) is 15.9. The zero-order chi connectivity index (χ0) is 15.1. The van der Waals surface area contributed by atoms with Crippen molar-refractivity contribution in [3.63, 3.8) is 0 Å². The highest BCUT2D eigenvalue weighted by atomic mass is 79.9. The zero-order valence-electron chi connectivity index (χ0n) is 12.5. The van der Waals surface area contributed by atoms with Gasteiger partial charge < -0.3 is 15.4 Å². The fourth-order valence-electron chi connectivity index (χ4n) is 2.69. The summed E-state index contributed by atoms with van der Waals surface area (Å²) in [5.41, 5.74) is 1.82. The van der Waals surface area contributed by atoms with Gasteiger partial charge in [-0.2, -0.15) is 0 Å². The van der Waals surface area contributed by atoms with Crippen LogP contribution in [0.2, 0.25) is 0 Å². The van der Waals surface area contributed by atoms with Crippen molar-refractivity contribution in [2.75, 3.05) is 25.5 Å². The lowest BCUT2D eigenvalue weighted by atomic mass is 9.93. The molecular formula is C16H23BrN2O2. The van der Waals surface area contributed by atoms with Crippen LogP contribution >= 0.6 is 15.9 Å². The second-order valence-electron chi connectivity index (χ2n) is 5.48. The fourth-order valence-corrected chi connectivity index (χ4v) is 3.17. The molecular weight excluding hydrogens is 332 g/mol. The number of rotatable bonds is 6. The maximum atomic E-state index is 12.1. The van der Waals surface area contributed by atoms with Gasteiger partial charge in [0.05, 0.1) is 6.61 Å². The van der Waals surface area contributed by atoms with E-state index in [1.807, 2.05) is 18.2 Å². The van der Waals surface area contributed by atoms with E-state index in [1.54, 1.807) is 7.11 Å². The van der Waals surface area contributed by atoms with E-state index in [0.717, 1.165) is 35.2 Å². The van der Waals surface area contributed by atoms with Gasteiger partial charge in [-0.05, 0) is 50.4 Å². The molecule has 0 aliphatic carbocycles. The molecule has 0 saturated carbocycles. The SMILES string of the molecule is COCc1c(Br)cccc1NC(=O)CCC1CCNCC1. The van der Waals surface area contributed by atoms with E-state index in [4.69, 9.17) is 4.74 Å². The molecule has 1 aliphatic rings. The highest BCUT2D eigenvalue weighted by molar-refractivity contribution is 9.10. The van der Waals surface area contributed by atoms with Gasteiger partial charge in [0, 0.05) is 29.3 Å². The topological polar surface area (TPSA) is 50.4 Å². The van der Waals surface area contributed by atoms with Gasteiger partial charge in [0.1, 0.15) is 0 Å². The van der Waals surface area contributed by atoms with Crippen molar-refractivity contribution in [1.29, 1.82) is 0 Å². The lowest BCUT2D eigenvalue weighted by molar-refractivity contribution is -0.116. The Bertz CT molecular complexity index is 473. The minimum Gasteiger partial charge on any atom is -0.380 e. The molecule has 4 nitrogen and oxygen atoms in total. The third-order valence-electron chi connectivity index (χ3n) is 3.92. The van der Waals surface area contributed by atoms with Crippen molar-refractivity contribution < 1.29 is 9.53 Å². The van der Waals surface area contributed by atoms with Gasteiger partial charge in [-0.25, -0.2) is 0 Å². The number of nitrogens with one attached hydrogen (secondary N) is 2. The molecule has 1 amide bonds. The van der Waals surface area contributed by atoms with E-state index in [-0.39, 0.29) is 5.91 Å². The molecule has 1 aliphatic heterocycles. The van der Waals surface area contributed by atoms with Crippen molar-refractivity contribution >= 4 is 27.5 Å². The molecule has 5 heteroatoms. The molecule has 116 valence electrons. The zero-order valence-corrected chi connectivity index (χ0v) is 14.0. The van der Waals surface area contributed by atoms with Crippen LogP contribution < -0.4 is 10.6 Å². The number of benzene rings is 1.